The number of carbonyl (C=O) groups is 2. The second kappa shape index (κ2) is 14.8. The van der Waals surface area contributed by atoms with Crippen molar-refractivity contribution < 1.29 is 42.1 Å². The van der Waals surface area contributed by atoms with Crippen LogP contribution in [-0.4, -0.2) is 51.7 Å². The zero-order valence-corrected chi connectivity index (χ0v) is 27.8. The predicted molar refractivity (Wildman–Crippen MR) is 176 cm³/mol. The Labute approximate surface area is 286 Å². The number of aromatic nitrogens is 3. The number of hydrogen-bond acceptors (Lipinski definition) is 8. The standard InChI is InChI=1S/C35H36ClF3N4O6/c1-34(2,33(45)46)12-13-48-30-15-24(36)9-11-29(30)31(42-25-16-26(18-28(17-25)47-3)43-20-40-19-41-43)32(44)22-5-4-21-8-10-27(49-35(37,38)39)14-23(21)7-6-22/h8-11,14-20,22,31,42H,4-7,12-13H2,1-3H3,(H,45,46). The molecule has 0 fully saturated rings. The average Bonchev–Trinajstić information content (AvgIpc) is 3.50. The van der Waals surface area contributed by atoms with Crippen LogP contribution in [-0.2, 0) is 22.4 Å². The van der Waals surface area contributed by atoms with Crippen molar-refractivity contribution in [1.29, 1.82) is 0 Å². The van der Waals surface area contributed by atoms with Crippen LogP contribution < -0.4 is 19.5 Å². The van der Waals surface area contributed by atoms with Gasteiger partial charge in [-0.1, -0.05) is 23.7 Å². The molecule has 1 heterocycles. The molecule has 49 heavy (non-hydrogen) atoms. The summed E-state index contributed by atoms with van der Waals surface area (Å²) in [6.45, 7) is 3.25. The van der Waals surface area contributed by atoms with Crippen LogP contribution in [0.4, 0.5) is 18.9 Å². The van der Waals surface area contributed by atoms with Crippen molar-refractivity contribution in [2.45, 2.75) is 58.4 Å². The summed E-state index contributed by atoms with van der Waals surface area (Å²) in [5.41, 5.74) is 2.14. The van der Waals surface area contributed by atoms with Crippen molar-refractivity contribution in [1.82, 2.24) is 14.8 Å². The van der Waals surface area contributed by atoms with E-state index in [-0.39, 0.29) is 24.6 Å². The Morgan fingerprint density at radius 2 is 1.80 bits per heavy atom. The van der Waals surface area contributed by atoms with Gasteiger partial charge in [0.15, 0.2) is 5.78 Å². The third-order valence-corrected chi connectivity index (χ3v) is 8.83. The second-order valence-electron chi connectivity index (χ2n) is 12.5. The summed E-state index contributed by atoms with van der Waals surface area (Å²) in [6, 6.07) is 13.5. The average molecular weight is 701 g/mol. The molecule has 1 aromatic heterocycles. The predicted octanol–water partition coefficient (Wildman–Crippen LogP) is 7.63. The monoisotopic (exact) mass is 700 g/mol. The Kier molecular flexibility index (Phi) is 10.7. The van der Waals surface area contributed by atoms with E-state index in [1.165, 1.54) is 31.9 Å². The van der Waals surface area contributed by atoms with Gasteiger partial charge in [-0.15, -0.1) is 13.2 Å². The largest absolute Gasteiger partial charge is 0.573 e. The van der Waals surface area contributed by atoms with E-state index in [1.54, 1.807) is 61.0 Å². The van der Waals surface area contributed by atoms with Crippen LogP contribution in [0.3, 0.4) is 0 Å². The van der Waals surface area contributed by atoms with Crippen LogP contribution in [0.2, 0.25) is 5.02 Å². The Bertz CT molecular complexity index is 1800. The molecule has 2 N–H and O–H groups in total. The topological polar surface area (TPSA) is 125 Å². The van der Waals surface area contributed by atoms with Gasteiger partial charge in [-0.05, 0) is 87.4 Å². The van der Waals surface area contributed by atoms with Crippen molar-refractivity contribution in [3.63, 3.8) is 0 Å². The van der Waals surface area contributed by atoms with Crippen molar-refractivity contribution >= 4 is 29.0 Å². The summed E-state index contributed by atoms with van der Waals surface area (Å²) >= 11 is 6.38. The van der Waals surface area contributed by atoms with Crippen LogP contribution in [0.1, 0.15) is 55.8 Å². The van der Waals surface area contributed by atoms with Crippen LogP contribution >= 0.6 is 11.6 Å². The zero-order valence-electron chi connectivity index (χ0n) is 27.1. The number of benzene rings is 3. The molecule has 0 spiro atoms. The lowest BCUT2D eigenvalue weighted by Crippen LogP contribution is -2.29. The number of fused-ring (bicyclic) bond motifs is 1. The first-order valence-corrected chi connectivity index (χ1v) is 16.0. The molecule has 0 aliphatic heterocycles. The van der Waals surface area contributed by atoms with Crippen molar-refractivity contribution in [3.8, 4) is 22.9 Å². The number of anilines is 1. The van der Waals surface area contributed by atoms with Gasteiger partial charge in [0.25, 0.3) is 0 Å². The molecule has 0 amide bonds. The number of carboxylic acids is 1. The summed E-state index contributed by atoms with van der Waals surface area (Å²) in [5, 5.41) is 17.5. The minimum Gasteiger partial charge on any atom is -0.497 e. The van der Waals surface area contributed by atoms with Crippen LogP contribution in [0, 0.1) is 11.3 Å². The molecule has 0 saturated carbocycles. The number of rotatable bonds is 13. The molecule has 0 saturated heterocycles. The summed E-state index contributed by atoms with van der Waals surface area (Å²) < 4.78 is 56.0. The molecule has 1 aliphatic carbocycles. The van der Waals surface area contributed by atoms with E-state index in [0.29, 0.717) is 64.7 Å². The number of hydrogen-bond donors (Lipinski definition) is 2. The van der Waals surface area contributed by atoms with E-state index in [2.05, 4.69) is 20.1 Å². The van der Waals surface area contributed by atoms with Crippen molar-refractivity contribution in [2.24, 2.45) is 11.3 Å². The molecule has 260 valence electrons. The van der Waals surface area contributed by atoms with E-state index in [9.17, 15) is 27.9 Å². The number of carbonyl (C=O) groups excluding carboxylic acids is 1. The number of Topliss-reactive ketones (excluding diaryl/α,β-unsaturated/α-hetero) is 1. The number of alkyl halides is 3. The fraction of sp³-hybridized carbons (Fsp3) is 0.371. The SMILES string of the molecule is COc1cc(NC(C(=O)C2CCc3ccc(OC(F)(F)F)cc3CC2)c2ccc(Cl)cc2OCCC(C)(C)C(=O)O)cc(-n2cncn2)c1. The second-order valence-corrected chi connectivity index (χ2v) is 12.9. The number of ether oxygens (including phenoxy) is 3. The van der Waals surface area contributed by atoms with Crippen molar-refractivity contribution in [3.05, 3.63) is 89.0 Å². The fourth-order valence-corrected chi connectivity index (χ4v) is 5.88. The van der Waals surface area contributed by atoms with Gasteiger partial charge in [0, 0.05) is 34.3 Å². The number of halogens is 4. The normalized spacial score (nSPS) is 15.4. The van der Waals surface area contributed by atoms with Gasteiger partial charge in [0.1, 0.15) is 35.9 Å². The maximum atomic E-state index is 14.6. The molecule has 0 radical (unpaired) electrons. The van der Waals surface area contributed by atoms with Crippen LogP contribution in [0.15, 0.2) is 67.3 Å². The van der Waals surface area contributed by atoms with E-state index < -0.39 is 29.7 Å². The van der Waals surface area contributed by atoms with E-state index in [1.807, 2.05) is 0 Å². The molecule has 14 heteroatoms. The Balaban J connectivity index is 1.49. The van der Waals surface area contributed by atoms with Gasteiger partial charge in [-0.2, -0.15) is 5.10 Å². The van der Waals surface area contributed by atoms with Gasteiger partial charge >= 0.3 is 12.3 Å². The molecule has 2 unspecified atom stereocenters. The van der Waals surface area contributed by atoms with Gasteiger partial charge < -0.3 is 24.6 Å². The molecule has 10 nitrogen and oxygen atoms in total. The Hall–Kier alpha value is -4.78. The number of nitrogens with zero attached hydrogens (tertiary/aromatic N) is 3. The number of aryl methyl sites for hydroxylation is 2. The number of carboxylic acid groups (broad SMARTS) is 1. The summed E-state index contributed by atoms with van der Waals surface area (Å²) in [7, 11) is 1.52. The third kappa shape index (κ3) is 9.02. The fourth-order valence-electron chi connectivity index (χ4n) is 5.72. The zero-order chi connectivity index (χ0) is 35.3. The Morgan fingerprint density at radius 3 is 2.47 bits per heavy atom. The molecule has 2 atom stereocenters. The van der Waals surface area contributed by atoms with Gasteiger partial charge in [-0.25, -0.2) is 9.67 Å². The van der Waals surface area contributed by atoms with Crippen molar-refractivity contribution in [2.75, 3.05) is 19.0 Å². The first-order chi connectivity index (χ1) is 23.2. The minimum atomic E-state index is -4.81. The molecular formula is C35H36ClF3N4O6. The van der Waals surface area contributed by atoms with E-state index >= 15 is 0 Å². The third-order valence-electron chi connectivity index (χ3n) is 8.59. The maximum Gasteiger partial charge on any atom is 0.573 e. The van der Waals surface area contributed by atoms with E-state index in [4.69, 9.17) is 21.1 Å². The molecule has 1 aliphatic rings. The lowest BCUT2D eigenvalue weighted by molar-refractivity contribution is -0.274. The maximum absolute atomic E-state index is 14.6. The number of ketones is 1. The molecule has 4 aromatic rings. The highest BCUT2D eigenvalue weighted by molar-refractivity contribution is 6.30. The number of aliphatic carboxylic acids is 1. The van der Waals surface area contributed by atoms with E-state index in [0.717, 1.165) is 5.56 Å². The van der Waals surface area contributed by atoms with Crippen LogP contribution in [0.25, 0.3) is 5.69 Å². The molecule has 3 aromatic carbocycles. The number of methoxy groups -OCH3 is 1. The summed E-state index contributed by atoms with van der Waals surface area (Å²) in [4.78, 5) is 30.3. The van der Waals surface area contributed by atoms with Crippen LogP contribution in [0.5, 0.6) is 17.2 Å². The smallest absolute Gasteiger partial charge is 0.497 e. The van der Waals surface area contributed by atoms with Gasteiger partial charge in [0.05, 0.1) is 24.8 Å². The lowest BCUT2D eigenvalue weighted by atomic mass is 9.87. The molecule has 0 bridgehead atoms. The highest BCUT2D eigenvalue weighted by Crippen LogP contribution is 2.38. The molecule has 5 rings (SSSR count). The first kappa shape index (κ1) is 35.5. The molecular weight excluding hydrogens is 665 g/mol. The lowest BCUT2D eigenvalue weighted by Gasteiger charge is -2.27. The highest BCUT2D eigenvalue weighted by Gasteiger charge is 2.34. The minimum absolute atomic E-state index is 0.0459. The number of nitrogens with one attached hydrogen (secondary N) is 1. The first-order valence-electron chi connectivity index (χ1n) is 15.6. The quantitative estimate of drug-likeness (QED) is 0.136. The Morgan fingerprint density at radius 1 is 1.04 bits per heavy atom. The summed E-state index contributed by atoms with van der Waals surface area (Å²) in [6.07, 6.45) is 0.000608. The van der Waals surface area contributed by atoms with Gasteiger partial charge in [0.2, 0.25) is 0 Å². The summed E-state index contributed by atoms with van der Waals surface area (Å²) in [5.74, 6) is -1.11. The van der Waals surface area contributed by atoms with Gasteiger partial charge in [-0.3, -0.25) is 9.59 Å². The highest BCUT2D eigenvalue weighted by atomic mass is 35.5.